The third kappa shape index (κ3) is 3.70. The van der Waals surface area contributed by atoms with E-state index in [1.54, 1.807) is 0 Å². The van der Waals surface area contributed by atoms with Gasteiger partial charge < -0.3 is 10.6 Å². The molecule has 3 heteroatoms. The fourth-order valence-corrected chi connectivity index (χ4v) is 3.55. The van der Waals surface area contributed by atoms with Crippen LogP contribution in [-0.4, -0.2) is 30.4 Å². The average molecular weight is 237 g/mol. The molecule has 0 unspecified atom stereocenters. The predicted molar refractivity (Wildman–Crippen MR) is 72.3 cm³/mol. The lowest BCUT2D eigenvalue weighted by atomic mass is 9.68. The van der Waals surface area contributed by atoms with Crippen LogP contribution in [0.15, 0.2) is 0 Å². The van der Waals surface area contributed by atoms with E-state index >= 15 is 0 Å². The largest absolute Gasteiger partial charge is 0.388 e. The van der Waals surface area contributed by atoms with Gasteiger partial charge in [-0.25, -0.2) is 0 Å². The predicted octanol–water partition coefficient (Wildman–Crippen LogP) is 2.75. The van der Waals surface area contributed by atoms with Crippen LogP contribution >= 0.6 is 0 Å². The highest BCUT2D eigenvalue weighted by Crippen LogP contribution is 2.44. The summed E-state index contributed by atoms with van der Waals surface area (Å²) in [6.07, 6.45) is 12.0. The summed E-state index contributed by atoms with van der Waals surface area (Å²) in [5, 5.41) is 7.23. The minimum absolute atomic E-state index is 0.339. The van der Waals surface area contributed by atoms with E-state index in [0.29, 0.717) is 5.84 Å². The summed E-state index contributed by atoms with van der Waals surface area (Å²) in [7, 11) is 0. The van der Waals surface area contributed by atoms with E-state index in [0.717, 1.165) is 24.8 Å². The van der Waals surface area contributed by atoms with Gasteiger partial charge in [-0.2, -0.15) is 0 Å². The second-order valence-electron chi connectivity index (χ2n) is 6.03. The molecule has 1 saturated heterocycles. The van der Waals surface area contributed by atoms with Crippen LogP contribution < -0.4 is 5.73 Å². The Labute approximate surface area is 105 Å². The van der Waals surface area contributed by atoms with Gasteiger partial charge >= 0.3 is 0 Å². The fourth-order valence-electron chi connectivity index (χ4n) is 3.55. The number of hydrogen-bond acceptors (Lipinski definition) is 2. The zero-order chi connectivity index (χ0) is 12.1. The lowest BCUT2D eigenvalue weighted by molar-refractivity contribution is 0.0676. The molecule has 3 N–H and O–H groups in total. The number of nitrogens with two attached hydrogens (primary N) is 1. The number of rotatable bonds is 4. The summed E-state index contributed by atoms with van der Waals surface area (Å²) in [4.78, 5) is 2.57. The van der Waals surface area contributed by atoms with E-state index in [9.17, 15) is 0 Å². The van der Waals surface area contributed by atoms with Crippen LogP contribution in [-0.2, 0) is 0 Å². The van der Waals surface area contributed by atoms with Crippen molar-refractivity contribution < 1.29 is 0 Å². The van der Waals surface area contributed by atoms with E-state index in [4.69, 9.17) is 11.1 Å². The van der Waals surface area contributed by atoms with Crippen molar-refractivity contribution in [3.63, 3.8) is 0 Å². The molecule has 3 nitrogen and oxygen atoms in total. The topological polar surface area (TPSA) is 53.1 Å². The summed E-state index contributed by atoms with van der Waals surface area (Å²) >= 11 is 0. The van der Waals surface area contributed by atoms with Gasteiger partial charge in [-0.15, -0.1) is 0 Å². The van der Waals surface area contributed by atoms with Gasteiger partial charge in [-0.3, -0.25) is 5.41 Å². The van der Waals surface area contributed by atoms with E-state index in [2.05, 4.69) is 4.90 Å². The molecule has 17 heavy (non-hydrogen) atoms. The summed E-state index contributed by atoms with van der Waals surface area (Å²) < 4.78 is 0. The third-order valence-electron chi connectivity index (χ3n) is 4.75. The maximum Gasteiger partial charge on any atom is 0.0905 e. The van der Waals surface area contributed by atoms with Gasteiger partial charge in [-0.05, 0) is 57.2 Å². The molecule has 0 aromatic carbocycles. The molecule has 1 spiro atoms. The molecule has 1 aliphatic carbocycles. The summed E-state index contributed by atoms with van der Waals surface area (Å²) in [6.45, 7) is 3.69. The maximum absolute atomic E-state index is 7.23. The molecule has 0 atom stereocenters. The van der Waals surface area contributed by atoms with Crippen molar-refractivity contribution in [3.8, 4) is 0 Å². The monoisotopic (exact) mass is 237 g/mol. The molecule has 0 amide bonds. The van der Waals surface area contributed by atoms with E-state index in [1.165, 1.54) is 58.0 Å². The van der Waals surface area contributed by atoms with E-state index < -0.39 is 0 Å². The molecule has 0 radical (unpaired) electrons. The van der Waals surface area contributed by atoms with Gasteiger partial charge in [0.15, 0.2) is 0 Å². The molecule has 0 bridgehead atoms. The molecular weight excluding hydrogens is 210 g/mol. The van der Waals surface area contributed by atoms with Crippen molar-refractivity contribution in [1.82, 2.24) is 4.90 Å². The van der Waals surface area contributed by atoms with E-state index in [-0.39, 0.29) is 0 Å². The summed E-state index contributed by atoms with van der Waals surface area (Å²) in [5.74, 6) is 0.339. The first kappa shape index (κ1) is 12.9. The number of likely N-dealkylation sites (tertiary alicyclic amines) is 1. The SMILES string of the molecule is N=C(N)CCCN1CCC2(CCCCC2)CC1. The summed E-state index contributed by atoms with van der Waals surface area (Å²) in [6, 6.07) is 0. The first-order valence-corrected chi connectivity index (χ1v) is 7.26. The number of hydrogen-bond donors (Lipinski definition) is 2. The second-order valence-corrected chi connectivity index (χ2v) is 6.03. The molecule has 1 heterocycles. The van der Waals surface area contributed by atoms with Crippen molar-refractivity contribution in [2.75, 3.05) is 19.6 Å². The van der Waals surface area contributed by atoms with Crippen molar-refractivity contribution in [3.05, 3.63) is 0 Å². The van der Waals surface area contributed by atoms with Crippen LogP contribution in [0.5, 0.6) is 0 Å². The minimum atomic E-state index is 0.339. The van der Waals surface area contributed by atoms with E-state index in [1.807, 2.05) is 0 Å². The second kappa shape index (κ2) is 5.85. The Morgan fingerprint density at radius 3 is 2.29 bits per heavy atom. The summed E-state index contributed by atoms with van der Waals surface area (Å²) in [5.41, 5.74) is 6.10. The zero-order valence-electron chi connectivity index (χ0n) is 11.0. The van der Waals surface area contributed by atoms with Gasteiger partial charge in [0.2, 0.25) is 0 Å². The minimum Gasteiger partial charge on any atom is -0.388 e. The number of amidine groups is 1. The first-order valence-electron chi connectivity index (χ1n) is 7.26. The van der Waals surface area contributed by atoms with Gasteiger partial charge in [-0.1, -0.05) is 19.3 Å². The first-order chi connectivity index (χ1) is 8.20. The standard InChI is InChI=1S/C14H27N3/c15-13(16)5-4-10-17-11-8-14(9-12-17)6-2-1-3-7-14/h1-12H2,(H3,15,16). The van der Waals surface area contributed by atoms with Crippen LogP contribution in [0.1, 0.15) is 57.8 Å². The van der Waals surface area contributed by atoms with Crippen molar-refractivity contribution in [1.29, 1.82) is 5.41 Å². The Morgan fingerprint density at radius 1 is 1.06 bits per heavy atom. The van der Waals surface area contributed by atoms with Crippen molar-refractivity contribution in [2.45, 2.75) is 57.8 Å². The molecule has 2 fully saturated rings. The zero-order valence-corrected chi connectivity index (χ0v) is 11.0. The molecule has 1 aliphatic heterocycles. The lowest BCUT2D eigenvalue weighted by Gasteiger charge is -2.44. The molecule has 1 saturated carbocycles. The van der Waals surface area contributed by atoms with Crippen LogP contribution in [0.25, 0.3) is 0 Å². The highest BCUT2D eigenvalue weighted by atomic mass is 15.1. The van der Waals surface area contributed by atoms with Gasteiger partial charge in [0.05, 0.1) is 5.84 Å². The number of piperidine rings is 1. The fraction of sp³-hybridized carbons (Fsp3) is 0.929. The Balaban J connectivity index is 1.68. The van der Waals surface area contributed by atoms with Crippen LogP contribution in [0, 0.1) is 10.8 Å². The van der Waals surface area contributed by atoms with Crippen molar-refractivity contribution >= 4 is 5.84 Å². The lowest BCUT2D eigenvalue weighted by Crippen LogP contribution is -2.41. The molecule has 98 valence electrons. The average Bonchev–Trinajstić information content (AvgIpc) is 2.33. The Hall–Kier alpha value is -0.570. The highest BCUT2D eigenvalue weighted by molar-refractivity contribution is 5.76. The van der Waals surface area contributed by atoms with Crippen LogP contribution in [0.3, 0.4) is 0 Å². The maximum atomic E-state index is 7.23. The number of nitrogens with one attached hydrogen (secondary N) is 1. The number of nitrogens with zero attached hydrogens (tertiary/aromatic N) is 1. The molecular formula is C14H27N3. The highest BCUT2D eigenvalue weighted by Gasteiger charge is 2.35. The van der Waals surface area contributed by atoms with Crippen LogP contribution in [0.2, 0.25) is 0 Å². The molecule has 0 aromatic heterocycles. The normalized spacial score (nSPS) is 24.9. The third-order valence-corrected chi connectivity index (χ3v) is 4.75. The quantitative estimate of drug-likeness (QED) is 0.583. The van der Waals surface area contributed by atoms with Crippen LogP contribution in [0.4, 0.5) is 0 Å². The molecule has 0 aromatic rings. The smallest absolute Gasteiger partial charge is 0.0905 e. The van der Waals surface area contributed by atoms with Gasteiger partial charge in [0.25, 0.3) is 0 Å². The van der Waals surface area contributed by atoms with Gasteiger partial charge in [0, 0.05) is 6.42 Å². The van der Waals surface area contributed by atoms with Gasteiger partial charge in [0.1, 0.15) is 0 Å². The molecule has 2 rings (SSSR count). The molecule has 2 aliphatic rings. The van der Waals surface area contributed by atoms with Crippen molar-refractivity contribution in [2.24, 2.45) is 11.1 Å². The Bertz CT molecular complexity index is 246. The Morgan fingerprint density at radius 2 is 1.71 bits per heavy atom. The Kier molecular flexibility index (Phi) is 4.43.